The van der Waals surface area contributed by atoms with Crippen LogP contribution in [0.3, 0.4) is 0 Å². The number of aromatic nitrogens is 3. The molecule has 1 N–H and O–H groups in total. The Hall–Kier alpha value is -2.93. The van der Waals surface area contributed by atoms with Crippen molar-refractivity contribution in [1.82, 2.24) is 20.1 Å². The molecule has 7 heteroatoms. The minimum atomic E-state index is -0.0967. The molecule has 0 spiro atoms. The zero-order valence-electron chi connectivity index (χ0n) is 19.5. The molecule has 3 aromatic rings. The predicted octanol–water partition coefficient (Wildman–Crippen LogP) is 4.95. The molecule has 0 radical (unpaired) electrons. The Morgan fingerprint density at radius 1 is 1.03 bits per heavy atom. The van der Waals surface area contributed by atoms with E-state index in [0.29, 0.717) is 10.7 Å². The molecule has 168 valence electrons. The lowest BCUT2D eigenvalue weighted by molar-refractivity contribution is -0.119. The van der Waals surface area contributed by atoms with Crippen LogP contribution in [-0.4, -0.2) is 32.2 Å². The largest absolute Gasteiger partial charge is 0.350 e. The Kier molecular flexibility index (Phi) is 7.19. The van der Waals surface area contributed by atoms with Crippen molar-refractivity contribution in [3.05, 3.63) is 65.2 Å². The Labute approximate surface area is 193 Å². The average molecular weight is 451 g/mol. The van der Waals surface area contributed by atoms with Crippen LogP contribution >= 0.6 is 11.8 Å². The first-order valence-corrected chi connectivity index (χ1v) is 11.6. The highest BCUT2D eigenvalue weighted by Crippen LogP contribution is 2.27. The van der Waals surface area contributed by atoms with Gasteiger partial charge in [0.25, 0.3) is 0 Å². The molecule has 2 aromatic carbocycles. The summed E-state index contributed by atoms with van der Waals surface area (Å²) in [5, 5.41) is 12.1. The molecule has 1 atom stereocenters. The number of nitrogens with one attached hydrogen (secondary N) is 1. The van der Waals surface area contributed by atoms with Crippen molar-refractivity contribution < 1.29 is 9.59 Å². The first kappa shape index (κ1) is 23.7. The third-order valence-corrected chi connectivity index (χ3v) is 6.35. The maximum Gasteiger partial charge on any atom is 0.217 e. The summed E-state index contributed by atoms with van der Waals surface area (Å²) in [4.78, 5) is 23.9. The van der Waals surface area contributed by atoms with Crippen molar-refractivity contribution in [2.75, 3.05) is 5.75 Å². The fourth-order valence-electron chi connectivity index (χ4n) is 3.37. The van der Waals surface area contributed by atoms with E-state index in [0.717, 1.165) is 17.0 Å². The van der Waals surface area contributed by atoms with Crippen LogP contribution in [0.2, 0.25) is 0 Å². The van der Waals surface area contributed by atoms with Crippen LogP contribution in [0, 0.1) is 0 Å². The quantitative estimate of drug-likeness (QED) is 0.407. The zero-order valence-corrected chi connectivity index (χ0v) is 20.3. The second kappa shape index (κ2) is 9.69. The molecule has 3 rings (SSSR count). The van der Waals surface area contributed by atoms with Crippen molar-refractivity contribution in [2.45, 2.75) is 51.2 Å². The third-order valence-electron chi connectivity index (χ3n) is 5.33. The van der Waals surface area contributed by atoms with Crippen molar-refractivity contribution in [2.24, 2.45) is 7.05 Å². The van der Waals surface area contributed by atoms with Crippen LogP contribution in [0.4, 0.5) is 0 Å². The lowest BCUT2D eigenvalue weighted by atomic mass is 9.87. The third kappa shape index (κ3) is 5.65. The van der Waals surface area contributed by atoms with Crippen molar-refractivity contribution in [3.63, 3.8) is 0 Å². The number of carbonyl (C=O) groups excluding carboxylic acids is 2. The van der Waals surface area contributed by atoms with Crippen molar-refractivity contribution in [1.29, 1.82) is 0 Å². The molecule has 0 fully saturated rings. The van der Waals surface area contributed by atoms with E-state index in [1.54, 1.807) is 12.1 Å². The number of ketones is 1. The van der Waals surface area contributed by atoms with Gasteiger partial charge in [-0.1, -0.05) is 81.1 Å². The summed E-state index contributed by atoms with van der Waals surface area (Å²) >= 11 is 1.37. The first-order valence-electron chi connectivity index (χ1n) is 10.6. The summed E-state index contributed by atoms with van der Waals surface area (Å²) in [6, 6.07) is 15.6. The summed E-state index contributed by atoms with van der Waals surface area (Å²) in [7, 11) is 1.91. The van der Waals surface area contributed by atoms with Crippen LogP contribution in [-0.2, 0) is 17.3 Å². The van der Waals surface area contributed by atoms with Gasteiger partial charge >= 0.3 is 0 Å². The second-order valence-electron chi connectivity index (χ2n) is 8.95. The maximum atomic E-state index is 12.6. The van der Waals surface area contributed by atoms with Crippen molar-refractivity contribution in [3.8, 4) is 11.4 Å². The Bertz CT molecular complexity index is 1100. The number of hydrogen-bond acceptors (Lipinski definition) is 5. The molecular weight excluding hydrogens is 420 g/mol. The second-order valence-corrected chi connectivity index (χ2v) is 9.89. The smallest absolute Gasteiger partial charge is 0.217 e. The highest BCUT2D eigenvalue weighted by atomic mass is 32.2. The van der Waals surface area contributed by atoms with Gasteiger partial charge in [0.2, 0.25) is 5.91 Å². The van der Waals surface area contributed by atoms with Crippen LogP contribution in [0.15, 0.2) is 53.7 Å². The molecule has 1 unspecified atom stereocenters. The number of thioether (sulfide) groups is 1. The number of amides is 1. The van der Waals surface area contributed by atoms with Crippen LogP contribution in [0.5, 0.6) is 0 Å². The Morgan fingerprint density at radius 2 is 1.66 bits per heavy atom. The normalized spacial score (nSPS) is 12.4. The standard InChI is InChI=1S/C25H30N4O2S/c1-16(26-17(2)30)18-7-9-19(10-8-18)22(31)15-32-24-28-27-23(29(24)6)20-11-13-21(14-12-20)25(3,4)5/h7-14,16H,15H2,1-6H3,(H,26,30). The molecule has 32 heavy (non-hydrogen) atoms. The molecular formula is C25H30N4O2S. The molecule has 0 aliphatic heterocycles. The maximum absolute atomic E-state index is 12.6. The fourth-order valence-corrected chi connectivity index (χ4v) is 4.18. The SMILES string of the molecule is CC(=O)NC(C)c1ccc(C(=O)CSc2nnc(-c3ccc(C(C)(C)C)cc3)n2C)cc1. The van der Waals surface area contributed by atoms with Crippen LogP contribution in [0.1, 0.15) is 62.1 Å². The van der Waals surface area contributed by atoms with E-state index >= 15 is 0 Å². The van der Waals surface area contributed by atoms with Gasteiger partial charge in [-0.3, -0.25) is 9.59 Å². The molecule has 0 aliphatic carbocycles. The molecule has 1 aromatic heterocycles. The van der Waals surface area contributed by atoms with E-state index in [2.05, 4.69) is 60.6 Å². The number of nitrogens with zero attached hydrogens (tertiary/aromatic N) is 3. The molecule has 1 heterocycles. The highest BCUT2D eigenvalue weighted by Gasteiger charge is 2.17. The topological polar surface area (TPSA) is 76.9 Å². The predicted molar refractivity (Wildman–Crippen MR) is 129 cm³/mol. The van der Waals surface area contributed by atoms with E-state index in [9.17, 15) is 9.59 Å². The van der Waals surface area contributed by atoms with Gasteiger partial charge in [-0.2, -0.15) is 0 Å². The van der Waals surface area contributed by atoms with Crippen LogP contribution in [0.25, 0.3) is 11.4 Å². The summed E-state index contributed by atoms with van der Waals surface area (Å²) in [6.45, 7) is 9.97. The van der Waals surface area contributed by atoms with E-state index in [4.69, 9.17) is 0 Å². The van der Waals surface area contributed by atoms with Gasteiger partial charge < -0.3 is 9.88 Å². The van der Waals surface area contributed by atoms with Crippen molar-refractivity contribution >= 4 is 23.5 Å². The van der Waals surface area contributed by atoms with Gasteiger partial charge in [-0.15, -0.1) is 10.2 Å². The molecule has 0 saturated heterocycles. The molecule has 6 nitrogen and oxygen atoms in total. The van der Waals surface area contributed by atoms with E-state index in [1.807, 2.05) is 30.7 Å². The number of hydrogen-bond donors (Lipinski definition) is 1. The fraction of sp³-hybridized carbons (Fsp3) is 0.360. The lowest BCUT2D eigenvalue weighted by Gasteiger charge is -2.19. The first-order chi connectivity index (χ1) is 15.1. The van der Waals surface area contributed by atoms with Gasteiger partial charge in [0.05, 0.1) is 11.8 Å². The summed E-state index contributed by atoms with van der Waals surface area (Å²) in [6.07, 6.45) is 0. The van der Waals surface area contributed by atoms with Crippen LogP contribution < -0.4 is 5.32 Å². The molecule has 0 bridgehead atoms. The minimum Gasteiger partial charge on any atom is -0.350 e. The molecule has 0 saturated carbocycles. The van der Waals surface area contributed by atoms with Gasteiger partial charge in [0.1, 0.15) is 0 Å². The summed E-state index contributed by atoms with van der Waals surface area (Å²) in [5.74, 6) is 0.988. The van der Waals surface area contributed by atoms with Gasteiger partial charge in [-0.05, 0) is 23.5 Å². The Morgan fingerprint density at radius 3 is 2.22 bits per heavy atom. The van der Waals surface area contributed by atoms with Gasteiger partial charge in [0.15, 0.2) is 16.8 Å². The Balaban J connectivity index is 1.65. The van der Waals surface area contributed by atoms with E-state index in [-0.39, 0.29) is 28.9 Å². The molecule has 1 amide bonds. The van der Waals surface area contributed by atoms with E-state index < -0.39 is 0 Å². The zero-order chi connectivity index (χ0) is 23.5. The lowest BCUT2D eigenvalue weighted by Crippen LogP contribution is -2.23. The average Bonchev–Trinajstić information content (AvgIpc) is 3.11. The minimum absolute atomic E-state index is 0.0211. The summed E-state index contributed by atoms with van der Waals surface area (Å²) in [5.41, 5.74) is 3.95. The van der Waals surface area contributed by atoms with Gasteiger partial charge in [0, 0.05) is 25.1 Å². The monoisotopic (exact) mass is 450 g/mol. The number of Topliss-reactive ketones (excluding diaryl/α,β-unsaturated/α-hetero) is 1. The number of rotatable bonds is 7. The number of carbonyl (C=O) groups is 2. The summed E-state index contributed by atoms with van der Waals surface area (Å²) < 4.78 is 1.92. The van der Waals surface area contributed by atoms with E-state index in [1.165, 1.54) is 24.2 Å². The number of benzene rings is 2. The van der Waals surface area contributed by atoms with Gasteiger partial charge in [-0.25, -0.2) is 0 Å². The highest BCUT2D eigenvalue weighted by molar-refractivity contribution is 7.99. The molecule has 0 aliphatic rings.